The van der Waals surface area contributed by atoms with Crippen LogP contribution in [-0.4, -0.2) is 12.2 Å². The fourth-order valence-electron chi connectivity index (χ4n) is 1.29. The first-order valence-electron chi connectivity index (χ1n) is 4.54. The molecule has 0 saturated carbocycles. The zero-order valence-corrected chi connectivity index (χ0v) is 8.71. The van der Waals surface area contributed by atoms with Crippen molar-refractivity contribution in [1.82, 2.24) is 0 Å². The van der Waals surface area contributed by atoms with E-state index in [1.54, 1.807) is 32.2 Å². The molecule has 0 aromatic heterocycles. The van der Waals surface area contributed by atoms with Crippen molar-refractivity contribution in [3.63, 3.8) is 0 Å². The molecule has 0 amide bonds. The molecular weight excluding hydrogens is 194 g/mol. The summed E-state index contributed by atoms with van der Waals surface area (Å²) in [5.41, 5.74) is 9.79. The lowest BCUT2D eigenvalue weighted by Gasteiger charge is -2.10. The average molecular weight is 207 g/mol. The highest BCUT2D eigenvalue weighted by Gasteiger charge is 2.06. The van der Waals surface area contributed by atoms with Crippen molar-refractivity contribution in [2.45, 2.75) is 19.6 Å². The monoisotopic (exact) mass is 207 g/mol. The summed E-state index contributed by atoms with van der Waals surface area (Å²) in [5.74, 6) is 0.659. The van der Waals surface area contributed by atoms with Gasteiger partial charge in [-0.3, -0.25) is 0 Å². The zero-order chi connectivity index (χ0) is 11.3. The molecule has 5 nitrogen and oxygen atoms in total. The summed E-state index contributed by atoms with van der Waals surface area (Å²) in [6.45, 7) is 1.90. The van der Waals surface area contributed by atoms with E-state index in [0.717, 1.165) is 11.1 Å². The van der Waals surface area contributed by atoms with Gasteiger partial charge in [0.1, 0.15) is 5.75 Å². The van der Waals surface area contributed by atoms with Gasteiger partial charge >= 0.3 is 0 Å². The van der Waals surface area contributed by atoms with Gasteiger partial charge in [-0.05, 0) is 30.2 Å². The van der Waals surface area contributed by atoms with Gasteiger partial charge in [-0.1, -0.05) is 11.2 Å². The van der Waals surface area contributed by atoms with E-state index in [-0.39, 0.29) is 6.54 Å². The Hall–Kier alpha value is -1.71. The van der Waals surface area contributed by atoms with Crippen molar-refractivity contribution >= 4 is 0 Å². The average Bonchev–Trinajstić information content (AvgIpc) is 2.25. The summed E-state index contributed by atoms with van der Waals surface area (Å²) in [6, 6.07) is 5.31. The Labute approximate surface area is 87.9 Å². The van der Waals surface area contributed by atoms with Crippen LogP contribution in [0.3, 0.4) is 0 Å². The first kappa shape index (κ1) is 11.4. The van der Waals surface area contributed by atoms with Crippen LogP contribution in [0.2, 0.25) is 0 Å². The highest BCUT2D eigenvalue weighted by molar-refractivity contribution is 5.38. The number of methoxy groups -OCH3 is 1. The standard InChI is InChI=1S/C10H13N3O2/c1-7(14)8-3-4-10(15-2)9(5-8)6-12-13-11/h3-5,7,14H,6H2,1-2H3. The highest BCUT2D eigenvalue weighted by Crippen LogP contribution is 2.23. The maximum Gasteiger partial charge on any atom is 0.122 e. The Bertz CT molecular complexity index is 384. The van der Waals surface area contributed by atoms with Crippen molar-refractivity contribution in [3.8, 4) is 5.75 Å². The molecule has 1 aromatic rings. The number of rotatable bonds is 4. The first-order chi connectivity index (χ1) is 7.19. The van der Waals surface area contributed by atoms with E-state index in [1.807, 2.05) is 0 Å². The second-order valence-electron chi connectivity index (χ2n) is 3.14. The van der Waals surface area contributed by atoms with E-state index in [1.165, 1.54) is 0 Å². The van der Waals surface area contributed by atoms with Gasteiger partial charge in [0, 0.05) is 10.5 Å². The molecule has 1 atom stereocenters. The molecule has 1 rings (SSSR count). The molecule has 0 fully saturated rings. The van der Waals surface area contributed by atoms with Gasteiger partial charge in [0.2, 0.25) is 0 Å². The van der Waals surface area contributed by atoms with Crippen LogP contribution < -0.4 is 4.74 Å². The SMILES string of the molecule is COc1ccc(C(C)O)cc1CN=[N+]=[N-]. The third kappa shape index (κ3) is 2.87. The molecule has 0 saturated heterocycles. The van der Waals surface area contributed by atoms with Crippen molar-refractivity contribution < 1.29 is 9.84 Å². The first-order valence-corrected chi connectivity index (χ1v) is 4.54. The van der Waals surface area contributed by atoms with Gasteiger partial charge in [-0.25, -0.2) is 0 Å². The van der Waals surface area contributed by atoms with Gasteiger partial charge in [-0.2, -0.15) is 0 Å². The van der Waals surface area contributed by atoms with Crippen LogP contribution in [0.1, 0.15) is 24.2 Å². The molecule has 0 aliphatic heterocycles. The van der Waals surface area contributed by atoms with Crippen LogP contribution in [0, 0.1) is 0 Å². The smallest absolute Gasteiger partial charge is 0.122 e. The van der Waals surface area contributed by atoms with Crippen LogP contribution in [0.15, 0.2) is 23.3 Å². The van der Waals surface area contributed by atoms with Gasteiger partial charge < -0.3 is 9.84 Å². The fraction of sp³-hybridized carbons (Fsp3) is 0.400. The normalized spacial score (nSPS) is 11.7. The van der Waals surface area contributed by atoms with Crippen LogP contribution in [0.25, 0.3) is 10.4 Å². The Morgan fingerprint density at radius 1 is 1.60 bits per heavy atom. The highest BCUT2D eigenvalue weighted by atomic mass is 16.5. The molecule has 0 radical (unpaired) electrons. The van der Waals surface area contributed by atoms with Crippen molar-refractivity contribution in [2.75, 3.05) is 7.11 Å². The Morgan fingerprint density at radius 2 is 2.33 bits per heavy atom. The van der Waals surface area contributed by atoms with Crippen LogP contribution in [0.4, 0.5) is 0 Å². The fourth-order valence-corrected chi connectivity index (χ4v) is 1.29. The van der Waals surface area contributed by atoms with E-state index >= 15 is 0 Å². The number of hydrogen-bond acceptors (Lipinski definition) is 3. The molecule has 5 heteroatoms. The summed E-state index contributed by atoms with van der Waals surface area (Å²) in [7, 11) is 1.55. The summed E-state index contributed by atoms with van der Waals surface area (Å²) >= 11 is 0. The minimum absolute atomic E-state index is 0.222. The van der Waals surface area contributed by atoms with E-state index in [9.17, 15) is 5.11 Å². The molecule has 1 aromatic carbocycles. The Kier molecular flexibility index (Phi) is 3.97. The molecule has 0 heterocycles. The molecule has 0 bridgehead atoms. The number of azide groups is 1. The maximum absolute atomic E-state index is 9.39. The lowest BCUT2D eigenvalue weighted by atomic mass is 10.1. The van der Waals surface area contributed by atoms with E-state index in [0.29, 0.717) is 5.75 Å². The second-order valence-corrected chi connectivity index (χ2v) is 3.14. The van der Waals surface area contributed by atoms with Gasteiger partial charge in [0.05, 0.1) is 19.8 Å². The molecule has 0 spiro atoms. The van der Waals surface area contributed by atoms with E-state index < -0.39 is 6.10 Å². The number of ether oxygens (including phenoxy) is 1. The largest absolute Gasteiger partial charge is 0.496 e. The van der Waals surface area contributed by atoms with Crippen molar-refractivity contribution in [3.05, 3.63) is 39.8 Å². The van der Waals surface area contributed by atoms with E-state index in [2.05, 4.69) is 10.0 Å². The third-order valence-corrected chi connectivity index (χ3v) is 2.09. The Morgan fingerprint density at radius 3 is 2.87 bits per heavy atom. The van der Waals surface area contributed by atoms with Crippen LogP contribution in [-0.2, 0) is 6.54 Å². The van der Waals surface area contributed by atoms with Gasteiger partial charge in [0.15, 0.2) is 0 Å². The van der Waals surface area contributed by atoms with Crippen molar-refractivity contribution in [1.29, 1.82) is 0 Å². The lowest BCUT2D eigenvalue weighted by Crippen LogP contribution is -1.96. The summed E-state index contributed by atoms with van der Waals surface area (Å²) < 4.78 is 5.11. The zero-order valence-electron chi connectivity index (χ0n) is 8.71. The van der Waals surface area contributed by atoms with Crippen molar-refractivity contribution in [2.24, 2.45) is 5.11 Å². The minimum atomic E-state index is -0.541. The predicted octanol–water partition coefficient (Wildman–Crippen LogP) is 2.56. The summed E-state index contributed by atoms with van der Waals surface area (Å²) in [6.07, 6.45) is -0.541. The van der Waals surface area contributed by atoms with Gasteiger partial charge in [0.25, 0.3) is 0 Å². The molecule has 80 valence electrons. The number of nitrogens with zero attached hydrogens (tertiary/aromatic N) is 3. The molecule has 0 aliphatic rings. The molecule has 15 heavy (non-hydrogen) atoms. The quantitative estimate of drug-likeness (QED) is 0.467. The van der Waals surface area contributed by atoms with Crippen LogP contribution in [0.5, 0.6) is 5.75 Å². The molecule has 1 unspecified atom stereocenters. The molecular formula is C10H13N3O2. The second kappa shape index (κ2) is 5.24. The molecule has 0 aliphatic carbocycles. The van der Waals surface area contributed by atoms with Gasteiger partial charge in [-0.15, -0.1) is 0 Å². The lowest BCUT2D eigenvalue weighted by molar-refractivity contribution is 0.199. The summed E-state index contributed by atoms with van der Waals surface area (Å²) in [4.78, 5) is 2.69. The van der Waals surface area contributed by atoms with Crippen LogP contribution >= 0.6 is 0 Å². The topological polar surface area (TPSA) is 78.2 Å². The summed E-state index contributed by atoms with van der Waals surface area (Å²) in [5, 5.41) is 12.9. The number of benzene rings is 1. The third-order valence-electron chi connectivity index (χ3n) is 2.09. The number of aliphatic hydroxyl groups is 1. The predicted molar refractivity (Wildman–Crippen MR) is 56.5 cm³/mol. The van der Waals surface area contributed by atoms with E-state index in [4.69, 9.17) is 10.3 Å². The molecule has 1 N–H and O–H groups in total. The minimum Gasteiger partial charge on any atom is -0.496 e. The number of aliphatic hydroxyl groups excluding tert-OH is 1. The Balaban J connectivity index is 3.06. The maximum atomic E-state index is 9.39. The number of hydrogen-bond donors (Lipinski definition) is 1.